The van der Waals surface area contributed by atoms with Crippen molar-refractivity contribution in [2.75, 3.05) is 17.7 Å². The molecule has 1 atom stereocenters. The summed E-state index contributed by atoms with van der Waals surface area (Å²) in [6, 6.07) is 21.0. The zero-order chi connectivity index (χ0) is 16.9. The maximum absolute atomic E-state index is 12.5. The minimum atomic E-state index is -0.364. The lowest BCUT2D eigenvalue weighted by Crippen LogP contribution is -2.31. The number of nitrogens with one attached hydrogen (secondary N) is 2. The molecule has 4 heteroatoms. The van der Waals surface area contributed by atoms with Gasteiger partial charge in [0.05, 0.1) is 7.11 Å². The molecule has 0 heterocycles. The van der Waals surface area contributed by atoms with Crippen molar-refractivity contribution < 1.29 is 9.53 Å². The molecule has 3 rings (SSSR count). The monoisotopic (exact) mass is 320 g/mol. The van der Waals surface area contributed by atoms with Gasteiger partial charge in [-0.2, -0.15) is 0 Å². The topological polar surface area (TPSA) is 50.4 Å². The summed E-state index contributed by atoms with van der Waals surface area (Å²) in [5.41, 5.74) is 1.69. The number of hydrogen-bond donors (Lipinski definition) is 2. The van der Waals surface area contributed by atoms with E-state index < -0.39 is 0 Å². The normalized spacial score (nSPS) is 11.8. The Bertz CT molecular complexity index is 838. The van der Waals surface area contributed by atoms with Crippen molar-refractivity contribution in [3.05, 3.63) is 66.7 Å². The van der Waals surface area contributed by atoms with Crippen molar-refractivity contribution in [1.29, 1.82) is 0 Å². The molecule has 0 unspecified atom stereocenters. The Morgan fingerprint density at radius 3 is 2.42 bits per heavy atom. The van der Waals surface area contributed by atoms with Gasteiger partial charge in [0.25, 0.3) is 0 Å². The standard InChI is InChI=1S/C20H20N2O2/c1-14(21-16-10-12-17(24-2)13-11-16)20(23)22-19-9-5-7-15-6-3-4-8-18(15)19/h3-14,21H,1-2H3,(H,22,23)/t14-/m0/s1. The highest BCUT2D eigenvalue weighted by atomic mass is 16.5. The maximum Gasteiger partial charge on any atom is 0.246 e. The Morgan fingerprint density at radius 2 is 1.67 bits per heavy atom. The van der Waals surface area contributed by atoms with Crippen molar-refractivity contribution in [1.82, 2.24) is 0 Å². The number of carbonyl (C=O) groups is 1. The molecule has 0 aliphatic heterocycles. The molecule has 0 aromatic heterocycles. The Hall–Kier alpha value is -3.01. The third-order valence-electron chi connectivity index (χ3n) is 3.91. The molecular weight excluding hydrogens is 300 g/mol. The van der Waals surface area contributed by atoms with Crippen LogP contribution >= 0.6 is 0 Å². The minimum Gasteiger partial charge on any atom is -0.497 e. The molecule has 122 valence electrons. The van der Waals surface area contributed by atoms with Crippen molar-refractivity contribution >= 4 is 28.1 Å². The van der Waals surface area contributed by atoms with Crippen LogP contribution in [0.2, 0.25) is 0 Å². The van der Waals surface area contributed by atoms with Crippen LogP contribution in [0, 0.1) is 0 Å². The van der Waals surface area contributed by atoms with Crippen molar-refractivity contribution in [3.8, 4) is 5.75 Å². The van der Waals surface area contributed by atoms with Crippen molar-refractivity contribution in [3.63, 3.8) is 0 Å². The number of benzene rings is 3. The largest absolute Gasteiger partial charge is 0.497 e. The quantitative estimate of drug-likeness (QED) is 0.737. The van der Waals surface area contributed by atoms with E-state index in [1.807, 2.05) is 73.7 Å². The van der Waals surface area contributed by atoms with Crippen LogP contribution in [0.1, 0.15) is 6.92 Å². The van der Waals surface area contributed by atoms with Crippen LogP contribution in [-0.2, 0) is 4.79 Å². The zero-order valence-electron chi connectivity index (χ0n) is 13.7. The molecule has 0 spiro atoms. The fourth-order valence-corrected chi connectivity index (χ4v) is 2.58. The van der Waals surface area contributed by atoms with E-state index in [-0.39, 0.29) is 11.9 Å². The van der Waals surface area contributed by atoms with Crippen LogP contribution in [-0.4, -0.2) is 19.1 Å². The number of fused-ring (bicyclic) bond motifs is 1. The van der Waals surface area contributed by atoms with E-state index in [1.165, 1.54) is 0 Å². The lowest BCUT2D eigenvalue weighted by atomic mass is 10.1. The predicted octanol–water partition coefficient (Wildman–Crippen LogP) is 4.29. The zero-order valence-corrected chi connectivity index (χ0v) is 13.7. The molecule has 2 N–H and O–H groups in total. The smallest absolute Gasteiger partial charge is 0.246 e. The lowest BCUT2D eigenvalue weighted by Gasteiger charge is -2.16. The van der Waals surface area contributed by atoms with Gasteiger partial charge in [0.1, 0.15) is 11.8 Å². The Labute approximate surface area is 141 Å². The van der Waals surface area contributed by atoms with Gasteiger partial charge in [-0.25, -0.2) is 0 Å². The summed E-state index contributed by atoms with van der Waals surface area (Å²) in [6.07, 6.45) is 0. The molecule has 0 saturated carbocycles. The highest BCUT2D eigenvalue weighted by Gasteiger charge is 2.14. The fourth-order valence-electron chi connectivity index (χ4n) is 2.58. The van der Waals surface area contributed by atoms with Gasteiger partial charge in [0.15, 0.2) is 0 Å². The molecule has 3 aromatic rings. The Kier molecular flexibility index (Phi) is 4.66. The number of hydrogen-bond acceptors (Lipinski definition) is 3. The summed E-state index contributed by atoms with van der Waals surface area (Å²) in [5, 5.41) is 8.33. The molecule has 3 aromatic carbocycles. The Morgan fingerprint density at radius 1 is 0.958 bits per heavy atom. The van der Waals surface area contributed by atoms with E-state index in [4.69, 9.17) is 4.74 Å². The Balaban J connectivity index is 1.71. The maximum atomic E-state index is 12.5. The van der Waals surface area contributed by atoms with Gasteiger partial charge in [-0.1, -0.05) is 36.4 Å². The minimum absolute atomic E-state index is 0.0813. The summed E-state index contributed by atoms with van der Waals surface area (Å²) < 4.78 is 5.13. The first kappa shape index (κ1) is 15.9. The molecule has 1 amide bonds. The second kappa shape index (κ2) is 7.04. The molecule has 0 bridgehead atoms. The number of carbonyl (C=O) groups excluding carboxylic acids is 1. The number of rotatable bonds is 5. The summed E-state index contributed by atoms with van der Waals surface area (Å²) in [5.74, 6) is 0.704. The number of methoxy groups -OCH3 is 1. The molecule has 0 saturated heterocycles. The molecule has 24 heavy (non-hydrogen) atoms. The molecule has 0 radical (unpaired) electrons. The lowest BCUT2D eigenvalue weighted by molar-refractivity contribution is -0.116. The summed E-state index contributed by atoms with van der Waals surface area (Å²) in [7, 11) is 1.63. The van der Waals surface area contributed by atoms with Crippen LogP contribution in [0.3, 0.4) is 0 Å². The van der Waals surface area contributed by atoms with Gasteiger partial charge < -0.3 is 15.4 Å². The van der Waals surface area contributed by atoms with E-state index in [0.717, 1.165) is 27.9 Å². The van der Waals surface area contributed by atoms with Crippen molar-refractivity contribution in [2.45, 2.75) is 13.0 Å². The average molecular weight is 320 g/mol. The van der Waals surface area contributed by atoms with Gasteiger partial charge in [0.2, 0.25) is 5.91 Å². The molecule has 0 fully saturated rings. The summed E-state index contributed by atoms with van der Waals surface area (Å²) >= 11 is 0. The number of amides is 1. The van der Waals surface area contributed by atoms with Crippen LogP contribution in [0.15, 0.2) is 66.7 Å². The predicted molar refractivity (Wildman–Crippen MR) is 98.7 cm³/mol. The first-order valence-electron chi connectivity index (χ1n) is 7.86. The molecule has 0 aliphatic rings. The van der Waals surface area contributed by atoms with Crippen LogP contribution in [0.4, 0.5) is 11.4 Å². The SMILES string of the molecule is COc1ccc(N[C@@H](C)C(=O)Nc2cccc3ccccc23)cc1. The van der Waals surface area contributed by atoms with Gasteiger partial charge in [-0.15, -0.1) is 0 Å². The second-order valence-corrected chi connectivity index (χ2v) is 5.61. The third-order valence-corrected chi connectivity index (χ3v) is 3.91. The van der Waals surface area contributed by atoms with Gasteiger partial charge in [-0.05, 0) is 42.6 Å². The van der Waals surface area contributed by atoms with Crippen LogP contribution in [0.25, 0.3) is 10.8 Å². The first-order chi connectivity index (χ1) is 11.7. The fraction of sp³-hybridized carbons (Fsp3) is 0.150. The number of ether oxygens (including phenoxy) is 1. The third kappa shape index (κ3) is 3.49. The van der Waals surface area contributed by atoms with Crippen LogP contribution < -0.4 is 15.4 Å². The highest BCUT2D eigenvalue weighted by Crippen LogP contribution is 2.23. The van der Waals surface area contributed by atoms with E-state index in [2.05, 4.69) is 10.6 Å². The van der Waals surface area contributed by atoms with Gasteiger partial charge >= 0.3 is 0 Å². The molecular formula is C20H20N2O2. The summed E-state index contributed by atoms with van der Waals surface area (Å²) in [6.45, 7) is 1.84. The van der Waals surface area contributed by atoms with E-state index in [1.54, 1.807) is 7.11 Å². The van der Waals surface area contributed by atoms with Crippen LogP contribution in [0.5, 0.6) is 5.75 Å². The second-order valence-electron chi connectivity index (χ2n) is 5.61. The van der Waals surface area contributed by atoms with Gasteiger partial charge in [0, 0.05) is 16.8 Å². The molecule has 4 nitrogen and oxygen atoms in total. The summed E-state index contributed by atoms with van der Waals surface area (Å²) in [4.78, 5) is 12.5. The van der Waals surface area contributed by atoms with Gasteiger partial charge in [-0.3, -0.25) is 4.79 Å². The van der Waals surface area contributed by atoms with E-state index in [0.29, 0.717) is 0 Å². The van der Waals surface area contributed by atoms with Crippen molar-refractivity contribution in [2.24, 2.45) is 0 Å². The molecule has 0 aliphatic carbocycles. The van der Waals surface area contributed by atoms with E-state index >= 15 is 0 Å². The highest BCUT2D eigenvalue weighted by molar-refractivity contribution is 6.04. The number of anilines is 2. The average Bonchev–Trinajstić information content (AvgIpc) is 2.62. The first-order valence-corrected chi connectivity index (χ1v) is 7.86. The van der Waals surface area contributed by atoms with E-state index in [9.17, 15) is 4.79 Å².